The van der Waals surface area contributed by atoms with Gasteiger partial charge in [0.25, 0.3) is 0 Å². The molecule has 0 atom stereocenters. The fraction of sp³-hybridized carbons (Fsp3) is 0.182. The summed E-state index contributed by atoms with van der Waals surface area (Å²) in [4.78, 5) is 21.0. The molecule has 2 heterocycles. The smallest absolute Gasteiger partial charge is 0.433 e. The van der Waals surface area contributed by atoms with Gasteiger partial charge in [0.15, 0.2) is 5.76 Å². The van der Waals surface area contributed by atoms with E-state index >= 15 is 0 Å². The number of carbonyl (C=O) groups is 1. The molecular weight excluding hydrogens is 282 g/mol. The summed E-state index contributed by atoms with van der Waals surface area (Å²) in [7, 11) is 0. The summed E-state index contributed by atoms with van der Waals surface area (Å²) in [6, 6.07) is 2.65. The number of amides is 1. The molecule has 0 aliphatic carbocycles. The van der Waals surface area contributed by atoms with Crippen LogP contribution in [-0.4, -0.2) is 34.0 Å². The molecule has 0 spiro atoms. The van der Waals surface area contributed by atoms with Crippen molar-refractivity contribution in [2.45, 2.75) is 6.92 Å². The predicted molar refractivity (Wildman–Crippen MR) is 70.7 cm³/mol. The van der Waals surface area contributed by atoms with Crippen LogP contribution in [0.15, 0.2) is 27.8 Å². The Morgan fingerprint density at radius 1 is 1.67 bits per heavy atom. The van der Waals surface area contributed by atoms with Gasteiger partial charge in [-0.15, -0.1) is 0 Å². The van der Waals surface area contributed by atoms with E-state index in [1.807, 2.05) is 0 Å². The van der Waals surface area contributed by atoms with Crippen LogP contribution in [0, 0.1) is 10.1 Å². The highest BCUT2D eigenvalue weighted by atomic mass is 16.6. The van der Waals surface area contributed by atoms with E-state index < -0.39 is 11.0 Å². The maximum absolute atomic E-state index is 11.0. The standard InChI is InChI=1S/C11H11N5O5/c1-2-20-11(17)15-13-6-7-5-12-14-10(7)8-3-4-9(21-8)16(18)19/h3-6H,2H2,1H3,(H,12,14)(H,15,17). The van der Waals surface area contributed by atoms with Crippen molar-refractivity contribution in [3.05, 3.63) is 34.0 Å². The van der Waals surface area contributed by atoms with Crippen molar-refractivity contribution < 1.29 is 18.9 Å². The predicted octanol–water partition coefficient (Wildman–Crippen LogP) is 1.66. The third kappa shape index (κ3) is 3.43. The second-order valence-electron chi connectivity index (χ2n) is 3.67. The summed E-state index contributed by atoms with van der Waals surface area (Å²) in [5.41, 5.74) is 2.97. The number of aromatic amines is 1. The van der Waals surface area contributed by atoms with E-state index in [0.29, 0.717) is 11.3 Å². The van der Waals surface area contributed by atoms with Crippen molar-refractivity contribution in [3.8, 4) is 11.5 Å². The molecule has 0 bridgehead atoms. The first kappa shape index (κ1) is 14.2. The summed E-state index contributed by atoms with van der Waals surface area (Å²) in [5.74, 6) is -0.180. The van der Waals surface area contributed by atoms with Crippen molar-refractivity contribution >= 4 is 18.2 Å². The highest BCUT2D eigenvalue weighted by Crippen LogP contribution is 2.26. The van der Waals surface area contributed by atoms with Crippen molar-refractivity contribution in [3.63, 3.8) is 0 Å². The minimum atomic E-state index is -0.688. The van der Waals surface area contributed by atoms with Crippen molar-refractivity contribution in [2.24, 2.45) is 5.10 Å². The molecular formula is C11H11N5O5. The quantitative estimate of drug-likeness (QED) is 0.488. The fourth-order valence-corrected chi connectivity index (χ4v) is 1.47. The molecule has 0 aliphatic heterocycles. The van der Waals surface area contributed by atoms with Gasteiger partial charge >= 0.3 is 12.0 Å². The van der Waals surface area contributed by atoms with Gasteiger partial charge in [-0.3, -0.25) is 15.2 Å². The van der Waals surface area contributed by atoms with Crippen LogP contribution in [0.25, 0.3) is 11.5 Å². The molecule has 21 heavy (non-hydrogen) atoms. The van der Waals surface area contributed by atoms with Crippen LogP contribution in [0.5, 0.6) is 0 Å². The Morgan fingerprint density at radius 3 is 3.14 bits per heavy atom. The van der Waals surface area contributed by atoms with Crippen molar-refractivity contribution in [2.75, 3.05) is 6.61 Å². The lowest BCUT2D eigenvalue weighted by Gasteiger charge is -1.98. The number of hydrazone groups is 1. The lowest BCUT2D eigenvalue weighted by molar-refractivity contribution is -0.401. The van der Waals surface area contributed by atoms with Gasteiger partial charge in [-0.05, 0) is 13.0 Å². The molecule has 0 aliphatic rings. The van der Waals surface area contributed by atoms with Crippen LogP contribution in [0.3, 0.4) is 0 Å². The Labute approximate surface area is 117 Å². The third-order valence-corrected chi connectivity index (χ3v) is 2.31. The maximum atomic E-state index is 11.0. The van der Waals surface area contributed by atoms with E-state index in [1.165, 1.54) is 24.5 Å². The van der Waals surface area contributed by atoms with Crippen molar-refractivity contribution in [1.82, 2.24) is 15.6 Å². The summed E-state index contributed by atoms with van der Waals surface area (Å²) >= 11 is 0. The number of furan rings is 1. The molecule has 0 radical (unpaired) electrons. The van der Waals surface area contributed by atoms with E-state index in [4.69, 9.17) is 4.42 Å². The van der Waals surface area contributed by atoms with E-state index in [0.717, 1.165) is 0 Å². The van der Waals surface area contributed by atoms with Crippen LogP contribution in [0.1, 0.15) is 12.5 Å². The molecule has 0 aromatic carbocycles. The third-order valence-electron chi connectivity index (χ3n) is 2.31. The Morgan fingerprint density at radius 2 is 2.48 bits per heavy atom. The Hall–Kier alpha value is -3.17. The first-order chi connectivity index (χ1) is 10.1. The molecule has 2 aromatic rings. The molecule has 10 nitrogen and oxygen atoms in total. The van der Waals surface area contributed by atoms with Crippen LogP contribution in [0.2, 0.25) is 0 Å². The van der Waals surface area contributed by atoms with Gasteiger partial charge in [0.2, 0.25) is 0 Å². The molecule has 110 valence electrons. The SMILES string of the molecule is CCOC(=O)NN=Cc1c[nH]nc1-c1ccc([N+](=O)[O-])o1. The molecule has 10 heteroatoms. The lowest BCUT2D eigenvalue weighted by Crippen LogP contribution is -2.18. The minimum absolute atomic E-state index is 0.209. The molecule has 2 aromatic heterocycles. The zero-order valence-electron chi connectivity index (χ0n) is 10.9. The number of hydrogen-bond donors (Lipinski definition) is 2. The average molecular weight is 293 g/mol. The second-order valence-corrected chi connectivity index (χ2v) is 3.67. The summed E-state index contributed by atoms with van der Waals surface area (Å²) in [6.45, 7) is 1.90. The zero-order chi connectivity index (χ0) is 15.2. The zero-order valence-corrected chi connectivity index (χ0v) is 10.9. The number of rotatable bonds is 5. The number of nitrogens with zero attached hydrogens (tertiary/aromatic N) is 3. The number of hydrogen-bond acceptors (Lipinski definition) is 7. The first-order valence-electron chi connectivity index (χ1n) is 5.86. The number of nitrogens with one attached hydrogen (secondary N) is 2. The van der Waals surface area contributed by atoms with E-state index in [9.17, 15) is 14.9 Å². The maximum Gasteiger partial charge on any atom is 0.433 e. The van der Waals surface area contributed by atoms with E-state index in [-0.39, 0.29) is 18.3 Å². The number of H-pyrrole nitrogens is 1. The Balaban J connectivity index is 2.12. The number of carbonyl (C=O) groups excluding carboxylic acids is 1. The first-order valence-corrected chi connectivity index (χ1v) is 5.86. The summed E-state index contributed by atoms with van der Waals surface area (Å²) in [5, 5.41) is 20.7. The lowest BCUT2D eigenvalue weighted by atomic mass is 10.2. The molecule has 0 saturated carbocycles. The van der Waals surface area contributed by atoms with Crippen molar-refractivity contribution in [1.29, 1.82) is 0 Å². The normalized spacial score (nSPS) is 10.7. The van der Waals surface area contributed by atoms with Crippen LogP contribution in [0.4, 0.5) is 10.7 Å². The van der Waals surface area contributed by atoms with Gasteiger partial charge in [0.1, 0.15) is 10.6 Å². The van der Waals surface area contributed by atoms with Crippen LogP contribution >= 0.6 is 0 Å². The van der Waals surface area contributed by atoms with Gasteiger partial charge in [0, 0.05) is 11.8 Å². The monoisotopic (exact) mass is 293 g/mol. The highest BCUT2D eigenvalue weighted by Gasteiger charge is 2.16. The molecule has 1 amide bonds. The van der Waals surface area contributed by atoms with Crippen LogP contribution < -0.4 is 5.43 Å². The topological polar surface area (TPSA) is 136 Å². The van der Waals surface area contributed by atoms with Gasteiger partial charge in [-0.1, -0.05) is 0 Å². The minimum Gasteiger partial charge on any atom is -0.449 e. The largest absolute Gasteiger partial charge is 0.449 e. The molecule has 0 unspecified atom stereocenters. The van der Waals surface area contributed by atoms with Gasteiger partial charge in [-0.2, -0.15) is 10.2 Å². The number of ether oxygens (including phenoxy) is 1. The molecule has 0 fully saturated rings. The van der Waals surface area contributed by atoms with Gasteiger partial charge < -0.3 is 9.15 Å². The van der Waals surface area contributed by atoms with E-state index in [2.05, 4.69) is 25.5 Å². The molecule has 2 rings (SSSR count). The summed E-state index contributed by atoms with van der Waals surface area (Å²) in [6.07, 6.45) is 2.12. The number of nitro groups is 1. The Bertz CT molecular complexity index is 674. The fourth-order valence-electron chi connectivity index (χ4n) is 1.47. The van der Waals surface area contributed by atoms with Gasteiger partial charge in [0.05, 0.1) is 18.9 Å². The Kier molecular flexibility index (Phi) is 4.29. The summed E-state index contributed by atoms with van der Waals surface area (Å²) < 4.78 is 9.67. The molecule has 0 saturated heterocycles. The number of aromatic nitrogens is 2. The van der Waals surface area contributed by atoms with E-state index in [1.54, 1.807) is 6.92 Å². The molecule has 2 N–H and O–H groups in total. The van der Waals surface area contributed by atoms with Crippen LogP contribution in [-0.2, 0) is 4.74 Å². The highest BCUT2D eigenvalue weighted by molar-refractivity contribution is 5.88. The average Bonchev–Trinajstić information content (AvgIpc) is 3.06. The second kappa shape index (κ2) is 6.32. The van der Waals surface area contributed by atoms with Gasteiger partial charge in [-0.25, -0.2) is 10.2 Å².